The maximum atomic E-state index is 12.5. The fourth-order valence-corrected chi connectivity index (χ4v) is 7.25. The molecule has 0 bridgehead atoms. The summed E-state index contributed by atoms with van der Waals surface area (Å²) < 4.78 is 34.0. The first-order valence-corrected chi connectivity index (χ1v) is 15.2. The predicted octanol–water partition coefficient (Wildman–Crippen LogP) is 4.04. The van der Waals surface area contributed by atoms with Gasteiger partial charge in [-0.1, -0.05) is 36.3 Å². The number of anilines is 2. The van der Waals surface area contributed by atoms with Gasteiger partial charge in [-0.25, -0.2) is 23.4 Å². The second-order valence-electron chi connectivity index (χ2n) is 9.19. The SMILES string of the molecule is CCCCS(=O)(=O)N1CCN(c2ccc3nc(OC4CCN(c5ncc(Cl)cn5)CC4)sc3c2)CC1. The minimum atomic E-state index is -3.15. The molecule has 1 aromatic carbocycles. The molecule has 0 radical (unpaired) electrons. The van der Waals surface area contributed by atoms with Gasteiger partial charge in [-0.3, -0.25) is 0 Å². The minimum Gasteiger partial charge on any atom is -0.467 e. The molecule has 0 saturated carbocycles. The van der Waals surface area contributed by atoms with Crippen LogP contribution in [0.15, 0.2) is 30.6 Å². The van der Waals surface area contributed by atoms with Crippen molar-refractivity contribution in [3.05, 3.63) is 35.6 Å². The fraction of sp³-hybridized carbons (Fsp3) is 0.542. The lowest BCUT2D eigenvalue weighted by molar-refractivity contribution is 0.170. The number of hydrogen-bond donors (Lipinski definition) is 0. The van der Waals surface area contributed by atoms with Crippen LogP contribution in [0.25, 0.3) is 10.2 Å². The molecule has 2 aliphatic rings. The summed E-state index contributed by atoms with van der Waals surface area (Å²) in [4.78, 5) is 17.7. The van der Waals surface area contributed by atoms with Crippen LogP contribution in [0.2, 0.25) is 5.02 Å². The smallest absolute Gasteiger partial charge is 0.274 e. The van der Waals surface area contributed by atoms with Crippen LogP contribution in [0.4, 0.5) is 11.6 Å². The van der Waals surface area contributed by atoms with Gasteiger partial charge >= 0.3 is 0 Å². The molecule has 2 saturated heterocycles. The standard InChI is InChI=1S/C24H31ClN6O3S2/c1-2-3-14-36(32,33)31-12-10-29(11-13-31)19-4-5-21-22(15-19)35-24(28-21)34-20-6-8-30(9-7-20)23-26-16-18(25)17-27-23/h4-5,15-17,20H,2-3,6-14H2,1H3. The number of aromatic nitrogens is 3. The number of piperidine rings is 1. The quantitative estimate of drug-likeness (QED) is 0.415. The fourth-order valence-electron chi connectivity index (χ4n) is 4.60. The second-order valence-corrected chi connectivity index (χ2v) is 12.7. The third-order valence-corrected chi connectivity index (χ3v) is 9.77. The van der Waals surface area contributed by atoms with Gasteiger partial charge in [0.25, 0.3) is 5.19 Å². The number of nitrogens with zero attached hydrogens (tertiary/aromatic N) is 6. The monoisotopic (exact) mass is 550 g/mol. The van der Waals surface area contributed by atoms with Crippen molar-refractivity contribution in [3.8, 4) is 5.19 Å². The summed E-state index contributed by atoms with van der Waals surface area (Å²) in [5, 5.41) is 1.23. The molecule has 5 rings (SSSR count). The summed E-state index contributed by atoms with van der Waals surface area (Å²) in [5.41, 5.74) is 2.02. The van der Waals surface area contributed by atoms with Crippen LogP contribution < -0.4 is 14.5 Å². The Hall–Kier alpha value is -2.21. The lowest BCUT2D eigenvalue weighted by atomic mass is 10.1. The summed E-state index contributed by atoms with van der Waals surface area (Å²) >= 11 is 7.46. The van der Waals surface area contributed by atoms with Gasteiger partial charge in [0.2, 0.25) is 16.0 Å². The normalized spacial score (nSPS) is 18.2. The average molecular weight is 551 g/mol. The van der Waals surface area contributed by atoms with Gasteiger partial charge in [-0.05, 0) is 24.6 Å². The van der Waals surface area contributed by atoms with Crippen LogP contribution in [-0.2, 0) is 10.0 Å². The Morgan fingerprint density at radius 3 is 2.47 bits per heavy atom. The molecule has 0 amide bonds. The Bertz CT molecular complexity index is 1270. The van der Waals surface area contributed by atoms with Crippen LogP contribution in [0, 0.1) is 0 Å². The largest absolute Gasteiger partial charge is 0.467 e. The van der Waals surface area contributed by atoms with E-state index >= 15 is 0 Å². The van der Waals surface area contributed by atoms with E-state index in [0.29, 0.717) is 48.8 Å². The predicted molar refractivity (Wildman–Crippen MR) is 145 cm³/mol. The summed E-state index contributed by atoms with van der Waals surface area (Å²) in [5.74, 6) is 0.942. The molecule has 0 N–H and O–H groups in total. The highest BCUT2D eigenvalue weighted by atomic mass is 35.5. The van der Waals surface area contributed by atoms with E-state index in [2.05, 4.69) is 31.9 Å². The molecule has 3 aromatic rings. The first-order valence-electron chi connectivity index (χ1n) is 12.4. The van der Waals surface area contributed by atoms with Crippen LogP contribution in [0.3, 0.4) is 0 Å². The van der Waals surface area contributed by atoms with Crippen molar-refractivity contribution in [2.75, 3.05) is 54.8 Å². The number of sulfonamides is 1. The minimum absolute atomic E-state index is 0.108. The molecule has 0 atom stereocenters. The molecule has 0 spiro atoms. The first-order chi connectivity index (χ1) is 17.4. The maximum absolute atomic E-state index is 12.5. The van der Waals surface area contributed by atoms with Gasteiger partial charge in [0, 0.05) is 57.8 Å². The van der Waals surface area contributed by atoms with Gasteiger partial charge in [-0.15, -0.1) is 0 Å². The van der Waals surface area contributed by atoms with Crippen LogP contribution in [-0.4, -0.2) is 78.8 Å². The molecular formula is C24H31ClN6O3S2. The highest BCUT2D eigenvalue weighted by Crippen LogP contribution is 2.33. The molecule has 2 fully saturated rings. The van der Waals surface area contributed by atoms with E-state index in [9.17, 15) is 8.42 Å². The molecule has 2 aliphatic heterocycles. The number of ether oxygens (including phenoxy) is 1. The number of hydrogen-bond acceptors (Lipinski definition) is 9. The lowest BCUT2D eigenvalue weighted by Crippen LogP contribution is -2.49. The lowest BCUT2D eigenvalue weighted by Gasteiger charge is -2.35. The topological polar surface area (TPSA) is 91.8 Å². The Balaban J connectivity index is 1.17. The molecule has 2 aromatic heterocycles. The summed E-state index contributed by atoms with van der Waals surface area (Å²) in [7, 11) is -3.15. The highest BCUT2D eigenvalue weighted by molar-refractivity contribution is 7.89. The van der Waals surface area contributed by atoms with Crippen molar-refractivity contribution < 1.29 is 13.2 Å². The number of halogens is 1. The molecule has 0 aliphatic carbocycles. The summed E-state index contributed by atoms with van der Waals surface area (Å²) in [6, 6.07) is 6.23. The third-order valence-electron chi connectivity index (χ3n) is 6.70. The maximum Gasteiger partial charge on any atom is 0.274 e. The number of benzene rings is 1. The summed E-state index contributed by atoms with van der Waals surface area (Å²) in [6.07, 6.45) is 6.70. The van der Waals surface area contributed by atoms with Crippen LogP contribution >= 0.6 is 22.9 Å². The van der Waals surface area contributed by atoms with Crippen molar-refractivity contribution in [2.45, 2.75) is 38.7 Å². The molecule has 0 unspecified atom stereocenters. The van der Waals surface area contributed by atoms with Crippen LogP contribution in [0.5, 0.6) is 5.19 Å². The van der Waals surface area contributed by atoms with E-state index in [4.69, 9.17) is 21.3 Å². The molecule has 36 heavy (non-hydrogen) atoms. The van der Waals surface area contributed by atoms with Crippen molar-refractivity contribution in [1.82, 2.24) is 19.3 Å². The Morgan fingerprint density at radius 1 is 1.06 bits per heavy atom. The van der Waals surface area contributed by atoms with E-state index in [1.807, 2.05) is 13.0 Å². The van der Waals surface area contributed by atoms with Gasteiger partial charge in [0.1, 0.15) is 6.10 Å². The number of unbranched alkanes of at least 4 members (excludes halogenated alkanes) is 1. The molecular weight excluding hydrogens is 520 g/mol. The molecule has 12 heteroatoms. The zero-order valence-corrected chi connectivity index (χ0v) is 22.7. The molecule has 4 heterocycles. The molecule has 9 nitrogen and oxygen atoms in total. The zero-order valence-electron chi connectivity index (χ0n) is 20.3. The molecule has 194 valence electrons. The number of piperazine rings is 1. The van der Waals surface area contributed by atoms with E-state index in [-0.39, 0.29) is 11.9 Å². The number of thiazole rings is 1. The van der Waals surface area contributed by atoms with E-state index in [0.717, 1.165) is 48.3 Å². The first kappa shape index (κ1) is 25.4. The Labute approximate surface area is 221 Å². The Morgan fingerprint density at radius 2 is 1.78 bits per heavy atom. The van der Waals surface area contributed by atoms with Gasteiger partial charge < -0.3 is 14.5 Å². The van der Waals surface area contributed by atoms with E-state index in [1.54, 1.807) is 28.0 Å². The Kier molecular flexibility index (Phi) is 7.80. The van der Waals surface area contributed by atoms with Crippen molar-refractivity contribution >= 4 is 54.8 Å². The average Bonchev–Trinajstić information content (AvgIpc) is 3.30. The highest BCUT2D eigenvalue weighted by Gasteiger charge is 2.27. The zero-order chi connectivity index (χ0) is 25.1. The van der Waals surface area contributed by atoms with Gasteiger partial charge in [-0.2, -0.15) is 4.31 Å². The summed E-state index contributed by atoms with van der Waals surface area (Å²) in [6.45, 7) is 6.09. The van der Waals surface area contributed by atoms with E-state index in [1.165, 1.54) is 0 Å². The second kappa shape index (κ2) is 11.0. The number of rotatable bonds is 8. The van der Waals surface area contributed by atoms with Crippen molar-refractivity contribution in [1.29, 1.82) is 0 Å². The van der Waals surface area contributed by atoms with Crippen LogP contribution in [0.1, 0.15) is 32.6 Å². The van der Waals surface area contributed by atoms with Gasteiger partial charge in [0.15, 0.2) is 0 Å². The third kappa shape index (κ3) is 5.85. The number of fused-ring (bicyclic) bond motifs is 1. The van der Waals surface area contributed by atoms with E-state index < -0.39 is 10.0 Å². The van der Waals surface area contributed by atoms with Crippen molar-refractivity contribution in [3.63, 3.8) is 0 Å². The van der Waals surface area contributed by atoms with Crippen molar-refractivity contribution in [2.24, 2.45) is 0 Å². The van der Waals surface area contributed by atoms with Gasteiger partial charge in [0.05, 0.1) is 33.4 Å².